The van der Waals surface area contributed by atoms with Crippen LogP contribution >= 0.6 is 0 Å². The molecule has 114 valence electrons. The first kappa shape index (κ1) is 15.1. The zero-order valence-electron chi connectivity index (χ0n) is 12.1. The second kappa shape index (κ2) is 7.47. The van der Waals surface area contributed by atoms with Crippen LogP contribution in [-0.2, 0) is 9.53 Å². The maximum Gasteiger partial charge on any atom is 0.315 e. The van der Waals surface area contributed by atoms with E-state index in [4.69, 9.17) is 4.74 Å². The molecular formula is C14H25N3O3. The van der Waals surface area contributed by atoms with E-state index in [-0.39, 0.29) is 24.1 Å². The fraction of sp³-hybridized carbons (Fsp3) is 0.857. The highest BCUT2D eigenvalue weighted by Gasteiger charge is 2.29. The molecule has 1 aliphatic heterocycles. The summed E-state index contributed by atoms with van der Waals surface area (Å²) in [7, 11) is 0. The van der Waals surface area contributed by atoms with Gasteiger partial charge >= 0.3 is 6.03 Å². The molecule has 1 saturated carbocycles. The first-order valence-corrected chi connectivity index (χ1v) is 7.67. The summed E-state index contributed by atoms with van der Waals surface area (Å²) in [6.07, 6.45) is 5.89. The zero-order valence-corrected chi connectivity index (χ0v) is 12.1. The van der Waals surface area contributed by atoms with Crippen molar-refractivity contribution in [2.45, 2.75) is 63.6 Å². The molecule has 3 N–H and O–H groups in total. The normalized spacial score (nSPS) is 30.4. The highest BCUT2D eigenvalue weighted by atomic mass is 16.5. The Morgan fingerprint density at radius 1 is 1.25 bits per heavy atom. The number of ether oxygens (including phenoxy) is 1. The van der Waals surface area contributed by atoms with Crippen LogP contribution in [0.2, 0.25) is 0 Å². The van der Waals surface area contributed by atoms with Crippen molar-refractivity contribution in [1.82, 2.24) is 16.0 Å². The molecule has 1 saturated heterocycles. The van der Waals surface area contributed by atoms with E-state index in [1.807, 2.05) is 6.92 Å². The van der Waals surface area contributed by atoms with Crippen molar-refractivity contribution in [1.29, 1.82) is 0 Å². The van der Waals surface area contributed by atoms with Gasteiger partial charge in [-0.15, -0.1) is 0 Å². The summed E-state index contributed by atoms with van der Waals surface area (Å²) in [5.41, 5.74) is 0. The van der Waals surface area contributed by atoms with Crippen LogP contribution in [0.5, 0.6) is 0 Å². The molecule has 6 nitrogen and oxygen atoms in total. The Morgan fingerprint density at radius 3 is 2.80 bits per heavy atom. The van der Waals surface area contributed by atoms with Crippen LogP contribution in [0.25, 0.3) is 0 Å². The van der Waals surface area contributed by atoms with Crippen molar-refractivity contribution in [3.05, 3.63) is 0 Å². The van der Waals surface area contributed by atoms with Crippen LogP contribution in [0.4, 0.5) is 4.79 Å². The lowest BCUT2D eigenvalue weighted by atomic mass is 9.92. The Labute approximate surface area is 120 Å². The van der Waals surface area contributed by atoms with E-state index in [0.717, 1.165) is 32.1 Å². The van der Waals surface area contributed by atoms with Gasteiger partial charge in [-0.3, -0.25) is 4.79 Å². The van der Waals surface area contributed by atoms with Crippen LogP contribution < -0.4 is 16.0 Å². The topological polar surface area (TPSA) is 79.5 Å². The Bertz CT molecular complexity index is 347. The number of nitrogens with one attached hydrogen (secondary N) is 3. The van der Waals surface area contributed by atoms with Gasteiger partial charge in [0.05, 0.1) is 12.1 Å². The van der Waals surface area contributed by atoms with E-state index in [1.54, 1.807) is 0 Å². The van der Waals surface area contributed by atoms with Crippen molar-refractivity contribution in [3.8, 4) is 0 Å². The summed E-state index contributed by atoms with van der Waals surface area (Å²) in [5, 5.41) is 8.49. The molecule has 2 fully saturated rings. The van der Waals surface area contributed by atoms with Gasteiger partial charge in [0.1, 0.15) is 6.04 Å². The minimum atomic E-state index is -0.405. The van der Waals surface area contributed by atoms with Crippen LogP contribution in [0.3, 0.4) is 0 Å². The van der Waals surface area contributed by atoms with Gasteiger partial charge in [-0.2, -0.15) is 0 Å². The van der Waals surface area contributed by atoms with Gasteiger partial charge in [-0.1, -0.05) is 12.8 Å². The second-order valence-electron chi connectivity index (χ2n) is 5.49. The predicted molar refractivity (Wildman–Crippen MR) is 75.4 cm³/mol. The molecule has 1 aliphatic carbocycles. The van der Waals surface area contributed by atoms with Gasteiger partial charge in [0.2, 0.25) is 5.91 Å². The van der Waals surface area contributed by atoms with Gasteiger partial charge in [0.15, 0.2) is 0 Å². The Kier molecular flexibility index (Phi) is 5.64. The molecule has 0 aromatic rings. The molecule has 0 aromatic heterocycles. The van der Waals surface area contributed by atoms with E-state index in [1.165, 1.54) is 0 Å². The molecule has 3 amide bonds. The third kappa shape index (κ3) is 4.10. The quantitative estimate of drug-likeness (QED) is 0.717. The van der Waals surface area contributed by atoms with Crippen LogP contribution in [-0.4, -0.2) is 43.3 Å². The largest absolute Gasteiger partial charge is 0.376 e. The summed E-state index contributed by atoms with van der Waals surface area (Å²) < 4.78 is 5.69. The third-order valence-electron chi connectivity index (χ3n) is 3.99. The Balaban J connectivity index is 1.81. The van der Waals surface area contributed by atoms with Crippen molar-refractivity contribution in [3.63, 3.8) is 0 Å². The van der Waals surface area contributed by atoms with Crippen molar-refractivity contribution in [2.24, 2.45) is 0 Å². The van der Waals surface area contributed by atoms with Crippen molar-refractivity contribution in [2.75, 3.05) is 13.2 Å². The SMILES string of the molecule is CCO[C@@H]1CCCC[C@H]1NC(=O)N[C@H]1CCCNC1=O. The number of amides is 3. The molecule has 2 rings (SSSR count). The minimum absolute atomic E-state index is 0.0513. The number of hydrogen-bond donors (Lipinski definition) is 3. The summed E-state index contributed by atoms with van der Waals surface area (Å²) in [6.45, 7) is 3.33. The average Bonchev–Trinajstić information content (AvgIpc) is 2.44. The van der Waals surface area contributed by atoms with Crippen molar-refractivity contribution >= 4 is 11.9 Å². The molecule has 1 heterocycles. The monoisotopic (exact) mass is 283 g/mol. The van der Waals surface area contributed by atoms with Gasteiger partial charge in [0.25, 0.3) is 0 Å². The molecular weight excluding hydrogens is 258 g/mol. The molecule has 3 atom stereocenters. The fourth-order valence-electron chi connectivity index (χ4n) is 2.95. The molecule has 0 radical (unpaired) electrons. The van der Waals surface area contributed by atoms with Crippen LogP contribution in [0.1, 0.15) is 45.4 Å². The Morgan fingerprint density at radius 2 is 2.05 bits per heavy atom. The maximum absolute atomic E-state index is 12.0. The fourth-order valence-corrected chi connectivity index (χ4v) is 2.95. The minimum Gasteiger partial charge on any atom is -0.376 e. The first-order valence-electron chi connectivity index (χ1n) is 7.67. The molecule has 0 spiro atoms. The van der Waals surface area contributed by atoms with E-state index in [2.05, 4.69) is 16.0 Å². The number of urea groups is 1. The molecule has 0 unspecified atom stereocenters. The summed E-state index contributed by atoms with van der Waals surface area (Å²) >= 11 is 0. The lowest BCUT2D eigenvalue weighted by molar-refractivity contribution is -0.124. The predicted octanol–water partition coefficient (Wildman–Crippen LogP) is 0.912. The van der Waals surface area contributed by atoms with E-state index < -0.39 is 6.04 Å². The number of rotatable bonds is 4. The highest BCUT2D eigenvalue weighted by Crippen LogP contribution is 2.21. The number of hydrogen-bond acceptors (Lipinski definition) is 3. The lowest BCUT2D eigenvalue weighted by Crippen LogP contribution is -2.56. The summed E-state index contributed by atoms with van der Waals surface area (Å²) in [5.74, 6) is -0.0867. The van der Waals surface area contributed by atoms with Gasteiger partial charge in [0, 0.05) is 13.2 Å². The van der Waals surface area contributed by atoms with Crippen LogP contribution in [0, 0.1) is 0 Å². The number of carbonyl (C=O) groups excluding carboxylic acids is 2. The third-order valence-corrected chi connectivity index (χ3v) is 3.99. The molecule has 2 aliphatic rings. The van der Waals surface area contributed by atoms with E-state index in [9.17, 15) is 9.59 Å². The standard InChI is InChI=1S/C14H25N3O3/c1-2-20-12-8-4-3-6-10(12)16-14(19)17-11-7-5-9-15-13(11)18/h10-12H,2-9H2,1H3,(H,15,18)(H2,16,17,19)/t10-,11+,12-/m1/s1. The average molecular weight is 283 g/mol. The maximum atomic E-state index is 12.0. The summed E-state index contributed by atoms with van der Waals surface area (Å²) in [4.78, 5) is 23.6. The second-order valence-corrected chi connectivity index (χ2v) is 5.49. The van der Waals surface area contributed by atoms with E-state index >= 15 is 0 Å². The molecule has 0 bridgehead atoms. The first-order chi connectivity index (χ1) is 9.70. The lowest BCUT2D eigenvalue weighted by Gasteiger charge is -2.32. The molecule has 20 heavy (non-hydrogen) atoms. The van der Waals surface area contributed by atoms with Gasteiger partial charge in [-0.05, 0) is 32.6 Å². The van der Waals surface area contributed by atoms with Gasteiger partial charge in [-0.25, -0.2) is 4.79 Å². The molecule has 6 heteroatoms. The number of piperidine rings is 1. The molecule has 0 aromatic carbocycles. The highest BCUT2D eigenvalue weighted by molar-refractivity contribution is 5.87. The zero-order chi connectivity index (χ0) is 14.4. The number of carbonyl (C=O) groups is 2. The van der Waals surface area contributed by atoms with Crippen molar-refractivity contribution < 1.29 is 14.3 Å². The smallest absolute Gasteiger partial charge is 0.315 e. The Hall–Kier alpha value is -1.30. The van der Waals surface area contributed by atoms with Crippen LogP contribution in [0.15, 0.2) is 0 Å². The van der Waals surface area contributed by atoms with Gasteiger partial charge < -0.3 is 20.7 Å². The summed E-state index contributed by atoms with van der Waals surface area (Å²) in [6, 6.07) is -0.614. The van der Waals surface area contributed by atoms with E-state index in [0.29, 0.717) is 19.6 Å².